The highest BCUT2D eigenvalue weighted by Crippen LogP contribution is 2.34. The predicted octanol–water partition coefficient (Wildman–Crippen LogP) is 3.88. The van der Waals surface area contributed by atoms with Crippen LogP contribution in [0.1, 0.15) is 21.5 Å². The number of sulfonamides is 1. The molecule has 0 unspecified atom stereocenters. The molecular formula is C19H20Cl2N2O4S. The molecule has 0 radical (unpaired) electrons. The molecule has 1 heterocycles. The molecule has 9 heteroatoms. The number of hydrogen-bond acceptors (Lipinski definition) is 4. The number of ether oxygens (including phenoxy) is 1. The Kier molecular flexibility index (Phi) is 6.19. The minimum absolute atomic E-state index is 0.0900. The van der Waals surface area contributed by atoms with Crippen molar-refractivity contribution in [2.75, 3.05) is 31.0 Å². The number of aryl methyl sites for hydroxylation is 1. The molecule has 3 rings (SSSR count). The van der Waals surface area contributed by atoms with E-state index in [9.17, 15) is 13.2 Å². The van der Waals surface area contributed by atoms with E-state index in [0.29, 0.717) is 42.5 Å². The van der Waals surface area contributed by atoms with Crippen molar-refractivity contribution in [2.24, 2.45) is 0 Å². The molecule has 0 saturated carbocycles. The molecule has 1 fully saturated rings. The molecular weight excluding hydrogens is 423 g/mol. The molecule has 1 aliphatic heterocycles. The van der Waals surface area contributed by atoms with Crippen LogP contribution in [0.15, 0.2) is 35.2 Å². The Bertz CT molecular complexity index is 993. The standard InChI is InChI=1S/C19H20Cl2N2O4S/c1-12-11-15(20)13(2)18(17(12)21)28(25,26)22-16-6-4-3-5-14(16)19(24)23-7-9-27-10-8-23/h3-6,11,22H,7-10H2,1-2H3. The van der Waals surface area contributed by atoms with Gasteiger partial charge in [-0.3, -0.25) is 9.52 Å². The van der Waals surface area contributed by atoms with Gasteiger partial charge in [0.1, 0.15) is 4.90 Å². The number of nitrogens with one attached hydrogen (secondary N) is 1. The second kappa shape index (κ2) is 8.29. The van der Waals surface area contributed by atoms with Crippen LogP contribution in [0.5, 0.6) is 0 Å². The first kappa shape index (κ1) is 20.9. The van der Waals surface area contributed by atoms with E-state index >= 15 is 0 Å². The molecule has 0 spiro atoms. The van der Waals surface area contributed by atoms with Crippen molar-refractivity contribution < 1.29 is 17.9 Å². The van der Waals surface area contributed by atoms with Crippen LogP contribution in [-0.4, -0.2) is 45.5 Å². The second-order valence-corrected chi connectivity index (χ2v) is 8.90. The monoisotopic (exact) mass is 442 g/mol. The van der Waals surface area contributed by atoms with Gasteiger partial charge in [-0.15, -0.1) is 0 Å². The van der Waals surface area contributed by atoms with Crippen molar-refractivity contribution in [3.05, 3.63) is 57.1 Å². The molecule has 1 saturated heterocycles. The van der Waals surface area contributed by atoms with Gasteiger partial charge in [-0.1, -0.05) is 35.3 Å². The topological polar surface area (TPSA) is 75.7 Å². The Balaban J connectivity index is 2.00. The average molecular weight is 443 g/mol. The van der Waals surface area contributed by atoms with Gasteiger partial charge in [0.2, 0.25) is 0 Å². The number of carbonyl (C=O) groups excluding carboxylic acids is 1. The quantitative estimate of drug-likeness (QED) is 0.778. The maximum Gasteiger partial charge on any atom is 0.263 e. The number of anilines is 1. The molecule has 2 aromatic rings. The molecule has 0 aromatic heterocycles. The van der Waals surface area contributed by atoms with Crippen LogP contribution < -0.4 is 4.72 Å². The zero-order valence-corrected chi connectivity index (χ0v) is 17.8. The Morgan fingerprint density at radius 2 is 1.79 bits per heavy atom. The maximum absolute atomic E-state index is 13.1. The molecule has 0 bridgehead atoms. The van der Waals surface area contributed by atoms with E-state index in [2.05, 4.69) is 4.72 Å². The van der Waals surface area contributed by atoms with Crippen LogP contribution in [0.25, 0.3) is 0 Å². The second-order valence-electron chi connectivity index (χ2n) is 6.50. The smallest absolute Gasteiger partial charge is 0.263 e. The number of para-hydroxylation sites is 1. The van der Waals surface area contributed by atoms with Crippen LogP contribution in [0.2, 0.25) is 10.0 Å². The third-order valence-electron chi connectivity index (χ3n) is 4.56. The van der Waals surface area contributed by atoms with E-state index in [4.69, 9.17) is 27.9 Å². The predicted molar refractivity (Wildman–Crippen MR) is 110 cm³/mol. The summed E-state index contributed by atoms with van der Waals surface area (Å²) in [5, 5.41) is 0.409. The van der Waals surface area contributed by atoms with Gasteiger partial charge < -0.3 is 9.64 Å². The minimum atomic E-state index is -4.07. The van der Waals surface area contributed by atoms with Gasteiger partial charge in [0.15, 0.2) is 0 Å². The number of morpholine rings is 1. The molecule has 6 nitrogen and oxygen atoms in total. The first-order valence-corrected chi connectivity index (χ1v) is 10.9. The van der Waals surface area contributed by atoms with Crippen molar-refractivity contribution in [3.63, 3.8) is 0 Å². The number of benzene rings is 2. The van der Waals surface area contributed by atoms with E-state index in [1.807, 2.05) is 0 Å². The minimum Gasteiger partial charge on any atom is -0.378 e. The number of hydrogen-bond donors (Lipinski definition) is 1. The normalized spacial score (nSPS) is 14.8. The maximum atomic E-state index is 13.1. The van der Waals surface area contributed by atoms with Gasteiger partial charge in [0, 0.05) is 18.1 Å². The van der Waals surface area contributed by atoms with Gasteiger partial charge in [-0.05, 0) is 43.2 Å². The molecule has 28 heavy (non-hydrogen) atoms. The number of halogens is 2. The zero-order chi connectivity index (χ0) is 20.5. The van der Waals surface area contributed by atoms with Gasteiger partial charge in [-0.2, -0.15) is 0 Å². The van der Waals surface area contributed by atoms with Crippen molar-refractivity contribution in [1.29, 1.82) is 0 Å². The summed E-state index contributed by atoms with van der Waals surface area (Å²) in [7, 11) is -4.07. The number of nitrogens with zero attached hydrogens (tertiary/aromatic N) is 1. The van der Waals surface area contributed by atoms with Gasteiger partial charge in [0.05, 0.1) is 29.5 Å². The van der Waals surface area contributed by atoms with E-state index in [1.165, 1.54) is 0 Å². The molecule has 1 aliphatic rings. The average Bonchev–Trinajstić information content (AvgIpc) is 2.67. The van der Waals surface area contributed by atoms with Gasteiger partial charge in [0.25, 0.3) is 15.9 Å². The highest BCUT2D eigenvalue weighted by Gasteiger charge is 2.27. The van der Waals surface area contributed by atoms with Crippen molar-refractivity contribution in [2.45, 2.75) is 18.7 Å². The van der Waals surface area contributed by atoms with E-state index in [-0.39, 0.29) is 27.1 Å². The summed E-state index contributed by atoms with van der Waals surface area (Å²) in [6.07, 6.45) is 0. The van der Waals surface area contributed by atoms with E-state index < -0.39 is 10.0 Å². The Labute approximate surface area is 174 Å². The number of amides is 1. The summed E-state index contributed by atoms with van der Waals surface area (Å²) < 4.78 is 34.0. The lowest BCUT2D eigenvalue weighted by atomic mass is 10.1. The van der Waals surface area contributed by atoms with Crippen LogP contribution in [0.3, 0.4) is 0 Å². The van der Waals surface area contributed by atoms with Crippen molar-refractivity contribution in [1.82, 2.24) is 4.90 Å². The number of rotatable bonds is 4. The highest BCUT2D eigenvalue weighted by molar-refractivity contribution is 7.93. The van der Waals surface area contributed by atoms with E-state index in [0.717, 1.165) is 0 Å². The fourth-order valence-electron chi connectivity index (χ4n) is 3.02. The lowest BCUT2D eigenvalue weighted by Crippen LogP contribution is -2.41. The summed E-state index contributed by atoms with van der Waals surface area (Å²) in [5.41, 5.74) is 1.35. The summed E-state index contributed by atoms with van der Waals surface area (Å²) >= 11 is 12.4. The lowest BCUT2D eigenvalue weighted by Gasteiger charge is -2.27. The lowest BCUT2D eigenvalue weighted by molar-refractivity contribution is 0.0303. The first-order valence-electron chi connectivity index (χ1n) is 8.66. The molecule has 150 valence electrons. The van der Waals surface area contributed by atoms with Crippen LogP contribution in [0, 0.1) is 13.8 Å². The highest BCUT2D eigenvalue weighted by atomic mass is 35.5. The Hall–Kier alpha value is -1.80. The summed E-state index contributed by atoms with van der Waals surface area (Å²) in [6.45, 7) is 5.10. The fraction of sp³-hybridized carbons (Fsp3) is 0.316. The Morgan fingerprint density at radius 1 is 1.14 bits per heavy atom. The summed E-state index contributed by atoms with van der Waals surface area (Å²) in [5.74, 6) is -0.258. The molecule has 2 aromatic carbocycles. The number of carbonyl (C=O) groups is 1. The van der Waals surface area contributed by atoms with E-state index in [1.54, 1.807) is 49.1 Å². The first-order chi connectivity index (χ1) is 13.2. The fourth-order valence-corrected chi connectivity index (χ4v) is 5.32. The third kappa shape index (κ3) is 4.12. The molecule has 1 N–H and O–H groups in total. The molecule has 1 amide bonds. The van der Waals surface area contributed by atoms with Crippen LogP contribution >= 0.6 is 23.2 Å². The molecule has 0 aliphatic carbocycles. The summed E-state index contributed by atoms with van der Waals surface area (Å²) in [6, 6.07) is 8.10. The van der Waals surface area contributed by atoms with Gasteiger partial charge >= 0.3 is 0 Å². The van der Waals surface area contributed by atoms with Crippen molar-refractivity contribution >= 4 is 44.8 Å². The Morgan fingerprint density at radius 3 is 2.46 bits per heavy atom. The van der Waals surface area contributed by atoms with Crippen LogP contribution in [0.4, 0.5) is 5.69 Å². The molecule has 0 atom stereocenters. The van der Waals surface area contributed by atoms with Gasteiger partial charge in [-0.25, -0.2) is 8.42 Å². The largest absolute Gasteiger partial charge is 0.378 e. The van der Waals surface area contributed by atoms with Crippen molar-refractivity contribution in [3.8, 4) is 0 Å². The van der Waals surface area contributed by atoms with Crippen LogP contribution in [-0.2, 0) is 14.8 Å². The SMILES string of the molecule is Cc1cc(Cl)c(C)c(S(=O)(=O)Nc2ccccc2C(=O)N2CCOCC2)c1Cl. The third-order valence-corrected chi connectivity index (χ3v) is 7.08. The zero-order valence-electron chi connectivity index (χ0n) is 15.5. The summed E-state index contributed by atoms with van der Waals surface area (Å²) in [4.78, 5) is 14.4.